The zero-order chi connectivity index (χ0) is 16.1. The van der Waals surface area contributed by atoms with Crippen LogP contribution in [0.1, 0.15) is 36.5 Å². The maximum Gasteiger partial charge on any atom is 0.233 e. The van der Waals surface area contributed by atoms with Crippen LogP contribution in [-0.4, -0.2) is 40.6 Å². The number of aromatic nitrogens is 2. The van der Waals surface area contributed by atoms with Crippen LogP contribution in [0.25, 0.3) is 0 Å². The Bertz CT molecular complexity index is 636. The van der Waals surface area contributed by atoms with E-state index in [1.54, 1.807) is 0 Å². The molecule has 1 aromatic carbocycles. The van der Waals surface area contributed by atoms with Gasteiger partial charge in [0.25, 0.3) is 0 Å². The Balaban J connectivity index is 1.39. The first-order valence-electron chi connectivity index (χ1n) is 7.98. The first-order valence-corrected chi connectivity index (χ1v) is 7.98. The number of hydrogen-bond donors (Lipinski definition) is 0. The second-order valence-electron chi connectivity index (χ2n) is 5.69. The third-order valence-corrected chi connectivity index (χ3v) is 3.95. The number of carbonyl (C=O) groups excluding carboxylic acids is 1. The van der Waals surface area contributed by atoms with Gasteiger partial charge in [0.2, 0.25) is 11.8 Å². The van der Waals surface area contributed by atoms with Gasteiger partial charge in [-0.15, -0.1) is 0 Å². The summed E-state index contributed by atoms with van der Waals surface area (Å²) in [5.41, 5.74) is 1.15. The summed E-state index contributed by atoms with van der Waals surface area (Å²) in [5, 5.41) is 3.98. The van der Waals surface area contributed by atoms with Gasteiger partial charge < -0.3 is 14.2 Å². The Labute approximate surface area is 135 Å². The molecule has 0 aliphatic carbocycles. The number of carbonyl (C=O) groups is 1. The van der Waals surface area contributed by atoms with Crippen molar-refractivity contribution in [3.05, 3.63) is 47.6 Å². The van der Waals surface area contributed by atoms with Crippen LogP contribution < -0.4 is 0 Å². The number of nitrogens with zero attached hydrogens (tertiary/aromatic N) is 3. The topological polar surface area (TPSA) is 68.5 Å². The van der Waals surface area contributed by atoms with Crippen molar-refractivity contribution in [3.63, 3.8) is 0 Å². The largest absolute Gasteiger partial charge is 0.376 e. The van der Waals surface area contributed by atoms with Crippen LogP contribution in [0, 0.1) is 0 Å². The van der Waals surface area contributed by atoms with Crippen LogP contribution in [0.5, 0.6) is 0 Å². The van der Waals surface area contributed by atoms with Crippen LogP contribution in [0.3, 0.4) is 0 Å². The second-order valence-corrected chi connectivity index (χ2v) is 5.69. The number of likely N-dealkylation sites (tertiary alicyclic amines) is 1. The maximum absolute atomic E-state index is 11.5. The average molecular weight is 315 g/mol. The molecule has 0 N–H and O–H groups in total. The summed E-state index contributed by atoms with van der Waals surface area (Å²) in [6.45, 7) is 4.37. The third kappa shape index (κ3) is 3.96. The molecule has 6 nitrogen and oxygen atoms in total. The average Bonchev–Trinajstić information content (AvgIpc) is 2.99. The molecule has 23 heavy (non-hydrogen) atoms. The van der Waals surface area contributed by atoms with Crippen molar-refractivity contribution in [1.29, 1.82) is 0 Å². The lowest BCUT2D eigenvalue weighted by Gasteiger charge is -2.36. The summed E-state index contributed by atoms with van der Waals surface area (Å²) >= 11 is 0. The molecule has 0 saturated carbocycles. The molecule has 1 aliphatic heterocycles. The minimum Gasteiger partial charge on any atom is -0.376 e. The Morgan fingerprint density at radius 2 is 2.13 bits per heavy atom. The van der Waals surface area contributed by atoms with Gasteiger partial charge in [-0.3, -0.25) is 4.79 Å². The fourth-order valence-corrected chi connectivity index (χ4v) is 2.52. The van der Waals surface area contributed by atoms with Gasteiger partial charge in [0.15, 0.2) is 5.82 Å². The van der Waals surface area contributed by atoms with E-state index in [2.05, 4.69) is 10.1 Å². The highest BCUT2D eigenvalue weighted by Crippen LogP contribution is 2.26. The Morgan fingerprint density at radius 1 is 1.35 bits per heavy atom. The van der Waals surface area contributed by atoms with Crippen LogP contribution >= 0.6 is 0 Å². The van der Waals surface area contributed by atoms with E-state index >= 15 is 0 Å². The molecular formula is C17H21N3O3. The quantitative estimate of drug-likeness (QED) is 0.732. The van der Waals surface area contributed by atoms with Crippen LogP contribution in [0.2, 0.25) is 0 Å². The Hall–Kier alpha value is -2.21. The minimum atomic E-state index is 0.176. The Morgan fingerprint density at radius 3 is 2.87 bits per heavy atom. The lowest BCUT2D eigenvalue weighted by Crippen LogP contribution is -2.48. The molecule has 1 aromatic heterocycles. The zero-order valence-corrected chi connectivity index (χ0v) is 13.3. The first kappa shape index (κ1) is 15.7. The molecular weight excluding hydrogens is 294 g/mol. The molecule has 6 heteroatoms. The number of hydrogen-bond acceptors (Lipinski definition) is 5. The van der Waals surface area contributed by atoms with Gasteiger partial charge in [-0.25, -0.2) is 0 Å². The van der Waals surface area contributed by atoms with Gasteiger partial charge in [-0.05, 0) is 5.56 Å². The van der Waals surface area contributed by atoms with E-state index in [0.717, 1.165) is 5.56 Å². The molecule has 2 heterocycles. The van der Waals surface area contributed by atoms with Crippen molar-refractivity contribution in [2.45, 2.75) is 32.3 Å². The molecule has 122 valence electrons. The van der Waals surface area contributed by atoms with Crippen LogP contribution in [0.15, 0.2) is 34.9 Å². The first-order chi connectivity index (χ1) is 11.3. The summed E-state index contributed by atoms with van der Waals surface area (Å²) in [6, 6.07) is 10.0. The highest BCUT2D eigenvalue weighted by atomic mass is 16.5. The van der Waals surface area contributed by atoms with Gasteiger partial charge in [0, 0.05) is 25.9 Å². The fraction of sp³-hybridized carbons (Fsp3) is 0.471. The molecule has 2 aromatic rings. The minimum absolute atomic E-state index is 0.176. The fourth-order valence-electron chi connectivity index (χ4n) is 2.52. The summed E-state index contributed by atoms with van der Waals surface area (Å²) < 4.78 is 10.9. The molecule has 1 amide bonds. The van der Waals surface area contributed by atoms with Crippen molar-refractivity contribution in [1.82, 2.24) is 15.0 Å². The summed E-state index contributed by atoms with van der Waals surface area (Å²) in [5.74, 6) is 1.64. The standard InChI is InChI=1S/C17H21N3O3/c1-2-16(21)20-10-14(11-20)17-18-15(19-23-17)8-9-22-12-13-6-4-3-5-7-13/h3-7,14H,2,8-12H2,1H3. The van der Waals surface area contributed by atoms with E-state index in [-0.39, 0.29) is 11.8 Å². The Kier molecular flexibility index (Phi) is 5.02. The molecule has 0 radical (unpaired) electrons. The highest BCUT2D eigenvalue weighted by molar-refractivity contribution is 5.76. The van der Waals surface area contributed by atoms with Gasteiger partial charge in [0.05, 0.1) is 19.1 Å². The monoisotopic (exact) mass is 315 g/mol. The van der Waals surface area contributed by atoms with Crippen LogP contribution in [-0.2, 0) is 22.6 Å². The van der Waals surface area contributed by atoms with E-state index in [1.165, 1.54) is 0 Å². The summed E-state index contributed by atoms with van der Waals surface area (Å²) in [4.78, 5) is 17.7. The van der Waals surface area contributed by atoms with Gasteiger partial charge >= 0.3 is 0 Å². The molecule has 3 rings (SSSR count). The zero-order valence-electron chi connectivity index (χ0n) is 13.3. The molecule has 1 saturated heterocycles. The molecule has 1 aliphatic rings. The molecule has 0 unspecified atom stereocenters. The van der Waals surface area contributed by atoms with Crippen molar-refractivity contribution in [3.8, 4) is 0 Å². The predicted octanol–water partition coefficient (Wildman–Crippen LogP) is 2.16. The van der Waals surface area contributed by atoms with Gasteiger partial charge in [-0.2, -0.15) is 4.98 Å². The maximum atomic E-state index is 11.5. The highest BCUT2D eigenvalue weighted by Gasteiger charge is 2.34. The number of ether oxygens (including phenoxy) is 1. The van der Waals surface area contributed by atoms with Crippen molar-refractivity contribution >= 4 is 5.91 Å². The van der Waals surface area contributed by atoms with Crippen molar-refractivity contribution < 1.29 is 14.1 Å². The number of rotatable bonds is 7. The van der Waals surface area contributed by atoms with E-state index < -0.39 is 0 Å². The van der Waals surface area contributed by atoms with Crippen LogP contribution in [0.4, 0.5) is 0 Å². The summed E-state index contributed by atoms with van der Waals surface area (Å²) in [7, 11) is 0. The second kappa shape index (κ2) is 7.37. The van der Waals surface area contributed by atoms with Crippen molar-refractivity contribution in [2.24, 2.45) is 0 Å². The van der Waals surface area contributed by atoms with E-state index in [1.807, 2.05) is 42.2 Å². The normalized spacial score (nSPS) is 14.7. The molecule has 0 spiro atoms. The van der Waals surface area contributed by atoms with Gasteiger partial charge in [0.1, 0.15) is 0 Å². The third-order valence-electron chi connectivity index (χ3n) is 3.95. The number of benzene rings is 1. The predicted molar refractivity (Wildman–Crippen MR) is 83.7 cm³/mol. The van der Waals surface area contributed by atoms with E-state index in [0.29, 0.717) is 50.9 Å². The SMILES string of the molecule is CCC(=O)N1CC(c2nc(CCOCc3ccccc3)no2)C1. The lowest BCUT2D eigenvalue weighted by atomic mass is 10.00. The smallest absolute Gasteiger partial charge is 0.233 e. The van der Waals surface area contributed by atoms with Gasteiger partial charge in [-0.1, -0.05) is 42.4 Å². The summed E-state index contributed by atoms with van der Waals surface area (Å²) in [6.07, 6.45) is 1.17. The molecule has 0 bridgehead atoms. The van der Waals surface area contributed by atoms with E-state index in [4.69, 9.17) is 9.26 Å². The lowest BCUT2D eigenvalue weighted by molar-refractivity contribution is -0.135. The van der Waals surface area contributed by atoms with Crippen molar-refractivity contribution in [2.75, 3.05) is 19.7 Å². The molecule has 0 atom stereocenters. The number of amides is 1. The molecule has 1 fully saturated rings. The van der Waals surface area contributed by atoms with E-state index in [9.17, 15) is 4.79 Å².